The van der Waals surface area contributed by atoms with Crippen molar-refractivity contribution >= 4 is 11.7 Å². The molecule has 3 rings (SSSR count). The van der Waals surface area contributed by atoms with Crippen LogP contribution in [0, 0.1) is 0 Å². The van der Waals surface area contributed by atoms with Crippen molar-refractivity contribution in [3.8, 4) is 0 Å². The van der Waals surface area contributed by atoms with E-state index in [4.69, 9.17) is 0 Å². The Bertz CT molecular complexity index is 845. The summed E-state index contributed by atoms with van der Waals surface area (Å²) in [7, 11) is 0. The quantitative estimate of drug-likeness (QED) is 0.572. The number of nitrogens with one attached hydrogen (secondary N) is 1. The van der Waals surface area contributed by atoms with Crippen LogP contribution in [0.2, 0.25) is 0 Å². The molecule has 3 aromatic rings. The summed E-state index contributed by atoms with van der Waals surface area (Å²) in [6.07, 6.45) is 0.986. The lowest BCUT2D eigenvalue weighted by Gasteiger charge is -2.30. The Labute approximate surface area is 161 Å². The Balaban J connectivity index is 1.82. The number of urea groups is 1. The van der Waals surface area contributed by atoms with E-state index in [-0.39, 0.29) is 12.1 Å². The molecule has 0 aliphatic carbocycles. The Kier molecular flexibility index (Phi) is 6.26. The fourth-order valence-electron chi connectivity index (χ4n) is 3.10. The molecule has 0 spiro atoms. The van der Waals surface area contributed by atoms with E-state index < -0.39 is 0 Å². The molecule has 2 amide bonds. The Morgan fingerprint density at radius 1 is 0.852 bits per heavy atom. The molecule has 0 heterocycles. The van der Waals surface area contributed by atoms with E-state index in [2.05, 4.69) is 43.4 Å². The van der Waals surface area contributed by atoms with Crippen molar-refractivity contribution < 1.29 is 4.79 Å². The smallest absolute Gasteiger partial charge is 0.313 e. The third kappa shape index (κ3) is 4.98. The summed E-state index contributed by atoms with van der Waals surface area (Å²) >= 11 is 0. The number of aryl methyl sites for hydroxylation is 1. The Hall–Kier alpha value is -3.07. The van der Waals surface area contributed by atoms with E-state index in [1.54, 1.807) is 0 Å². The van der Waals surface area contributed by atoms with Gasteiger partial charge in [0.1, 0.15) is 0 Å². The summed E-state index contributed by atoms with van der Waals surface area (Å²) in [5, 5.41) is 3.05. The second-order valence-electron chi connectivity index (χ2n) is 6.68. The van der Waals surface area contributed by atoms with Gasteiger partial charge in [-0.1, -0.05) is 79.7 Å². The molecule has 0 saturated carbocycles. The first kappa shape index (κ1) is 18.7. The van der Waals surface area contributed by atoms with Crippen LogP contribution in [0.3, 0.4) is 0 Å². The van der Waals surface area contributed by atoms with Gasteiger partial charge >= 0.3 is 6.03 Å². The van der Waals surface area contributed by atoms with Crippen LogP contribution in [0.15, 0.2) is 84.9 Å². The number of rotatable bonds is 6. The zero-order chi connectivity index (χ0) is 19.1. The lowest BCUT2D eigenvalue weighted by molar-refractivity contribution is 0.189. The zero-order valence-corrected chi connectivity index (χ0v) is 15.9. The molecule has 1 unspecified atom stereocenters. The minimum absolute atomic E-state index is 0.0404. The largest absolute Gasteiger partial charge is 0.322 e. The maximum Gasteiger partial charge on any atom is 0.322 e. The molecule has 0 fully saturated rings. The van der Waals surface area contributed by atoms with Crippen LogP contribution in [-0.4, -0.2) is 10.9 Å². The van der Waals surface area contributed by atoms with Crippen LogP contribution < -0.4 is 5.32 Å². The van der Waals surface area contributed by atoms with Crippen LogP contribution in [-0.2, 0) is 13.0 Å². The molecule has 138 valence electrons. The molecule has 3 nitrogen and oxygen atoms in total. The zero-order valence-electron chi connectivity index (χ0n) is 15.9. The molecular weight excluding hydrogens is 332 g/mol. The molecule has 0 saturated heterocycles. The second kappa shape index (κ2) is 9.04. The van der Waals surface area contributed by atoms with Gasteiger partial charge in [0.05, 0.1) is 6.04 Å². The Morgan fingerprint density at radius 3 is 2.04 bits per heavy atom. The summed E-state index contributed by atoms with van der Waals surface area (Å²) in [6.45, 7) is 4.74. The predicted molar refractivity (Wildman–Crippen MR) is 112 cm³/mol. The number of carbonyl (C=O) groups excluding carboxylic acids is 1. The van der Waals surface area contributed by atoms with Crippen molar-refractivity contribution in [2.45, 2.75) is 32.9 Å². The third-order valence-corrected chi connectivity index (χ3v) is 4.82. The van der Waals surface area contributed by atoms with E-state index in [9.17, 15) is 4.79 Å². The van der Waals surface area contributed by atoms with Crippen LogP contribution >= 0.6 is 0 Å². The van der Waals surface area contributed by atoms with E-state index in [0.717, 1.165) is 23.2 Å². The lowest BCUT2D eigenvalue weighted by Crippen LogP contribution is -2.36. The number of benzene rings is 3. The topological polar surface area (TPSA) is 32.3 Å². The first-order valence-corrected chi connectivity index (χ1v) is 9.43. The van der Waals surface area contributed by atoms with Gasteiger partial charge in [0.15, 0.2) is 0 Å². The highest BCUT2D eigenvalue weighted by Gasteiger charge is 2.22. The van der Waals surface area contributed by atoms with Gasteiger partial charge in [-0.25, -0.2) is 4.79 Å². The molecule has 3 aromatic carbocycles. The van der Waals surface area contributed by atoms with E-state index >= 15 is 0 Å². The molecule has 0 aromatic heterocycles. The standard InChI is InChI=1S/C24H26N2O/c1-3-20-14-16-23(17-15-20)25-24(27)26(18-21-10-6-4-7-11-21)19(2)22-12-8-5-9-13-22/h4-17,19H,3,18H2,1-2H3,(H,25,27). The van der Waals surface area contributed by atoms with Gasteiger partial charge in [-0.3, -0.25) is 0 Å². The fourth-order valence-corrected chi connectivity index (χ4v) is 3.10. The summed E-state index contributed by atoms with van der Waals surface area (Å²) in [4.78, 5) is 15.0. The minimum Gasteiger partial charge on any atom is -0.313 e. The predicted octanol–water partition coefficient (Wildman–Crippen LogP) is 6.04. The third-order valence-electron chi connectivity index (χ3n) is 4.82. The van der Waals surface area contributed by atoms with Gasteiger partial charge in [-0.05, 0) is 42.2 Å². The van der Waals surface area contributed by atoms with Crippen LogP contribution in [0.5, 0.6) is 0 Å². The number of carbonyl (C=O) groups is 1. The molecule has 3 heteroatoms. The number of nitrogens with zero attached hydrogens (tertiary/aromatic N) is 1. The minimum atomic E-state index is -0.0977. The number of anilines is 1. The highest BCUT2D eigenvalue weighted by atomic mass is 16.2. The van der Waals surface area contributed by atoms with Crippen LogP contribution in [0.25, 0.3) is 0 Å². The average Bonchev–Trinajstić information content (AvgIpc) is 2.73. The van der Waals surface area contributed by atoms with Crippen molar-refractivity contribution in [3.63, 3.8) is 0 Å². The van der Waals surface area contributed by atoms with Crippen molar-refractivity contribution in [1.29, 1.82) is 0 Å². The van der Waals surface area contributed by atoms with Crippen molar-refractivity contribution in [2.75, 3.05) is 5.32 Å². The normalized spacial score (nSPS) is 11.6. The maximum absolute atomic E-state index is 13.1. The van der Waals surface area contributed by atoms with Crippen LogP contribution in [0.1, 0.15) is 36.6 Å². The molecular formula is C24H26N2O. The highest BCUT2D eigenvalue weighted by Crippen LogP contribution is 2.23. The summed E-state index contributed by atoms with van der Waals surface area (Å²) < 4.78 is 0. The summed E-state index contributed by atoms with van der Waals surface area (Å²) in [6, 6.07) is 28.1. The van der Waals surface area contributed by atoms with Gasteiger partial charge in [0.25, 0.3) is 0 Å². The number of hydrogen-bond donors (Lipinski definition) is 1. The number of hydrogen-bond acceptors (Lipinski definition) is 1. The van der Waals surface area contributed by atoms with Crippen molar-refractivity contribution in [2.24, 2.45) is 0 Å². The summed E-state index contributed by atoms with van der Waals surface area (Å²) in [5.74, 6) is 0. The average molecular weight is 358 g/mol. The van der Waals surface area contributed by atoms with Gasteiger partial charge in [0, 0.05) is 12.2 Å². The second-order valence-corrected chi connectivity index (χ2v) is 6.68. The number of amides is 2. The monoisotopic (exact) mass is 358 g/mol. The molecule has 0 aliphatic rings. The van der Waals surface area contributed by atoms with E-state index in [1.807, 2.05) is 65.6 Å². The van der Waals surface area contributed by atoms with Crippen molar-refractivity contribution in [1.82, 2.24) is 4.90 Å². The van der Waals surface area contributed by atoms with Gasteiger partial charge in [0.2, 0.25) is 0 Å². The van der Waals surface area contributed by atoms with E-state index in [1.165, 1.54) is 5.56 Å². The SMILES string of the molecule is CCc1ccc(NC(=O)N(Cc2ccccc2)C(C)c2ccccc2)cc1. The first-order chi connectivity index (χ1) is 13.2. The lowest BCUT2D eigenvalue weighted by atomic mass is 10.1. The van der Waals surface area contributed by atoms with Gasteiger partial charge < -0.3 is 10.2 Å². The van der Waals surface area contributed by atoms with Gasteiger partial charge in [-0.15, -0.1) is 0 Å². The van der Waals surface area contributed by atoms with Gasteiger partial charge in [-0.2, -0.15) is 0 Å². The molecule has 1 N–H and O–H groups in total. The van der Waals surface area contributed by atoms with E-state index in [0.29, 0.717) is 6.54 Å². The Morgan fingerprint density at radius 2 is 1.44 bits per heavy atom. The van der Waals surface area contributed by atoms with Crippen LogP contribution in [0.4, 0.5) is 10.5 Å². The summed E-state index contributed by atoms with van der Waals surface area (Å²) in [5.41, 5.74) is 4.30. The molecule has 0 aliphatic heterocycles. The molecule has 0 radical (unpaired) electrons. The molecule has 1 atom stereocenters. The molecule has 0 bridgehead atoms. The van der Waals surface area contributed by atoms with Crippen molar-refractivity contribution in [3.05, 3.63) is 102 Å². The maximum atomic E-state index is 13.1. The molecule has 27 heavy (non-hydrogen) atoms. The first-order valence-electron chi connectivity index (χ1n) is 9.43. The highest BCUT2D eigenvalue weighted by molar-refractivity contribution is 5.89. The fraction of sp³-hybridized carbons (Fsp3) is 0.208.